The molecule has 0 aromatic heterocycles. The molecule has 1 heterocycles. The maximum atomic E-state index is 11.9. The van der Waals surface area contributed by atoms with Gasteiger partial charge in [-0.3, -0.25) is 9.69 Å². The van der Waals surface area contributed by atoms with Gasteiger partial charge in [0.25, 0.3) is 5.91 Å². The quantitative estimate of drug-likeness (QED) is 0.874. The van der Waals surface area contributed by atoms with Crippen LogP contribution in [0.1, 0.15) is 43.5 Å². The van der Waals surface area contributed by atoms with Crippen LogP contribution >= 0.6 is 0 Å². The van der Waals surface area contributed by atoms with Crippen molar-refractivity contribution in [1.29, 1.82) is 0 Å². The number of nitrogens with one attached hydrogen (secondary N) is 2. The van der Waals surface area contributed by atoms with E-state index in [1.807, 2.05) is 31.2 Å². The fraction of sp³-hybridized carbons (Fsp3) is 0.588. The Labute approximate surface area is 126 Å². The number of amides is 1. The molecule has 2 fully saturated rings. The number of hydrogen-bond donors (Lipinski definition) is 2. The summed E-state index contributed by atoms with van der Waals surface area (Å²) in [6, 6.07) is 9.80. The summed E-state index contributed by atoms with van der Waals surface area (Å²) in [5, 5.41) is 6.44. The Balaban J connectivity index is 1.62. The second-order valence-corrected chi connectivity index (χ2v) is 6.29. The third-order valence-corrected chi connectivity index (χ3v) is 4.47. The van der Waals surface area contributed by atoms with Gasteiger partial charge >= 0.3 is 0 Å². The molecule has 1 aliphatic carbocycles. The van der Waals surface area contributed by atoms with Crippen molar-refractivity contribution in [2.45, 2.75) is 51.2 Å². The van der Waals surface area contributed by atoms with Gasteiger partial charge in [-0.2, -0.15) is 0 Å². The van der Waals surface area contributed by atoms with Gasteiger partial charge in [-0.1, -0.05) is 6.07 Å². The number of hydrogen-bond acceptors (Lipinski definition) is 3. The van der Waals surface area contributed by atoms with Gasteiger partial charge in [-0.25, -0.2) is 0 Å². The second-order valence-electron chi connectivity index (χ2n) is 6.29. The average Bonchev–Trinajstić information content (AvgIpc) is 3.24. The maximum Gasteiger partial charge on any atom is 0.251 e. The van der Waals surface area contributed by atoms with Crippen molar-refractivity contribution in [3.8, 4) is 0 Å². The first kappa shape index (κ1) is 14.4. The lowest BCUT2D eigenvalue weighted by atomic mass is 10.1. The monoisotopic (exact) mass is 287 g/mol. The van der Waals surface area contributed by atoms with E-state index in [9.17, 15) is 4.79 Å². The van der Waals surface area contributed by atoms with Crippen LogP contribution in [0.25, 0.3) is 0 Å². The van der Waals surface area contributed by atoms with E-state index in [0.717, 1.165) is 23.8 Å². The molecule has 2 N–H and O–H groups in total. The maximum absolute atomic E-state index is 11.9. The highest BCUT2D eigenvalue weighted by Gasteiger charge is 2.38. The van der Waals surface area contributed by atoms with Crippen molar-refractivity contribution in [3.63, 3.8) is 0 Å². The van der Waals surface area contributed by atoms with E-state index >= 15 is 0 Å². The van der Waals surface area contributed by atoms with Crippen molar-refractivity contribution < 1.29 is 4.79 Å². The van der Waals surface area contributed by atoms with E-state index in [4.69, 9.17) is 0 Å². The van der Waals surface area contributed by atoms with Crippen LogP contribution in [0.5, 0.6) is 0 Å². The lowest BCUT2D eigenvalue weighted by Crippen LogP contribution is -2.31. The van der Waals surface area contributed by atoms with Crippen LogP contribution in [-0.4, -0.2) is 42.0 Å². The van der Waals surface area contributed by atoms with Gasteiger partial charge in [0, 0.05) is 42.5 Å². The molecule has 3 rings (SSSR count). The van der Waals surface area contributed by atoms with Crippen LogP contribution in [0.4, 0.5) is 5.69 Å². The van der Waals surface area contributed by atoms with Crippen LogP contribution < -0.4 is 10.6 Å². The van der Waals surface area contributed by atoms with Gasteiger partial charge in [0.15, 0.2) is 0 Å². The van der Waals surface area contributed by atoms with E-state index in [0.29, 0.717) is 18.6 Å². The fourth-order valence-electron chi connectivity index (χ4n) is 3.32. The smallest absolute Gasteiger partial charge is 0.251 e. The van der Waals surface area contributed by atoms with Gasteiger partial charge in [0.1, 0.15) is 0 Å². The van der Waals surface area contributed by atoms with Crippen molar-refractivity contribution >= 4 is 11.6 Å². The van der Waals surface area contributed by atoms with Crippen molar-refractivity contribution in [2.24, 2.45) is 0 Å². The minimum Gasteiger partial charge on any atom is -0.381 e. The van der Waals surface area contributed by atoms with Crippen LogP contribution in [-0.2, 0) is 0 Å². The summed E-state index contributed by atoms with van der Waals surface area (Å²) in [6.45, 7) is 6.04. The first-order valence-electron chi connectivity index (χ1n) is 8.08. The summed E-state index contributed by atoms with van der Waals surface area (Å²) in [6.07, 6.45) is 3.91. The molecule has 1 saturated heterocycles. The van der Waals surface area contributed by atoms with Gasteiger partial charge < -0.3 is 10.6 Å². The van der Waals surface area contributed by atoms with Crippen LogP contribution in [0.15, 0.2) is 24.3 Å². The van der Waals surface area contributed by atoms with E-state index in [1.165, 1.54) is 19.3 Å². The first-order chi connectivity index (χ1) is 10.2. The Morgan fingerprint density at radius 2 is 2.19 bits per heavy atom. The summed E-state index contributed by atoms with van der Waals surface area (Å²) in [7, 11) is 0. The molecule has 2 atom stereocenters. The van der Waals surface area contributed by atoms with Gasteiger partial charge in [0.2, 0.25) is 0 Å². The second kappa shape index (κ2) is 6.06. The molecule has 4 heteroatoms. The lowest BCUT2D eigenvalue weighted by molar-refractivity contribution is 0.0956. The SMILES string of the molecule is CCNC(=O)c1cccc(NC2CC(C)N(C3CC3)C2)c1. The Morgan fingerprint density at radius 3 is 2.90 bits per heavy atom. The van der Waals surface area contributed by atoms with Crippen LogP contribution in [0.2, 0.25) is 0 Å². The number of rotatable bonds is 5. The third kappa shape index (κ3) is 3.38. The Kier molecular flexibility index (Phi) is 4.15. The molecule has 1 aliphatic heterocycles. The number of likely N-dealkylation sites (tertiary alicyclic amines) is 1. The molecule has 1 aromatic carbocycles. The zero-order valence-corrected chi connectivity index (χ0v) is 12.9. The Bertz CT molecular complexity index is 513. The highest BCUT2D eigenvalue weighted by Crippen LogP contribution is 2.34. The molecule has 0 spiro atoms. The molecular weight excluding hydrogens is 262 g/mol. The number of anilines is 1. The first-order valence-corrected chi connectivity index (χ1v) is 8.08. The highest BCUT2D eigenvalue weighted by atomic mass is 16.1. The lowest BCUT2D eigenvalue weighted by Gasteiger charge is -2.20. The van der Waals surface area contributed by atoms with Gasteiger partial charge in [-0.05, 0) is 51.3 Å². The van der Waals surface area contributed by atoms with E-state index < -0.39 is 0 Å². The summed E-state index contributed by atoms with van der Waals surface area (Å²) in [4.78, 5) is 14.5. The molecule has 1 saturated carbocycles. The molecule has 0 bridgehead atoms. The number of benzene rings is 1. The minimum atomic E-state index is 0.000506. The van der Waals surface area contributed by atoms with Gasteiger partial charge in [0.05, 0.1) is 0 Å². The number of nitrogens with zero attached hydrogens (tertiary/aromatic N) is 1. The summed E-state index contributed by atoms with van der Waals surface area (Å²) < 4.78 is 0. The molecule has 1 amide bonds. The molecule has 21 heavy (non-hydrogen) atoms. The standard InChI is InChI=1S/C17H25N3O/c1-3-18-17(21)13-5-4-6-14(10-13)19-15-9-12(2)20(11-15)16-7-8-16/h4-6,10,12,15-16,19H,3,7-9,11H2,1-2H3,(H,18,21). The average molecular weight is 287 g/mol. The van der Waals surface area contributed by atoms with Crippen LogP contribution in [0, 0.1) is 0 Å². The predicted octanol–water partition coefficient (Wildman–Crippen LogP) is 2.47. The molecule has 2 unspecified atom stereocenters. The minimum absolute atomic E-state index is 0.000506. The molecular formula is C17H25N3O. The highest BCUT2D eigenvalue weighted by molar-refractivity contribution is 5.95. The zero-order chi connectivity index (χ0) is 14.8. The molecule has 4 nitrogen and oxygen atoms in total. The topological polar surface area (TPSA) is 44.4 Å². The number of carbonyl (C=O) groups excluding carboxylic acids is 1. The van der Waals surface area contributed by atoms with E-state index in [-0.39, 0.29) is 5.91 Å². The van der Waals surface area contributed by atoms with Crippen LogP contribution in [0.3, 0.4) is 0 Å². The predicted molar refractivity (Wildman–Crippen MR) is 85.7 cm³/mol. The van der Waals surface area contributed by atoms with Gasteiger partial charge in [-0.15, -0.1) is 0 Å². The number of carbonyl (C=O) groups is 1. The van der Waals surface area contributed by atoms with Crippen molar-refractivity contribution in [2.75, 3.05) is 18.4 Å². The van der Waals surface area contributed by atoms with E-state index in [1.54, 1.807) is 0 Å². The molecule has 114 valence electrons. The largest absolute Gasteiger partial charge is 0.381 e. The Morgan fingerprint density at radius 1 is 1.38 bits per heavy atom. The molecule has 0 radical (unpaired) electrons. The molecule has 1 aromatic rings. The third-order valence-electron chi connectivity index (χ3n) is 4.47. The summed E-state index contributed by atoms with van der Waals surface area (Å²) >= 11 is 0. The fourth-order valence-corrected chi connectivity index (χ4v) is 3.32. The van der Waals surface area contributed by atoms with Crippen molar-refractivity contribution in [3.05, 3.63) is 29.8 Å². The molecule has 2 aliphatic rings. The zero-order valence-electron chi connectivity index (χ0n) is 12.9. The van der Waals surface area contributed by atoms with E-state index in [2.05, 4.69) is 22.5 Å². The Hall–Kier alpha value is -1.55. The summed E-state index contributed by atoms with van der Waals surface area (Å²) in [5.74, 6) is 0.000506. The summed E-state index contributed by atoms with van der Waals surface area (Å²) in [5.41, 5.74) is 1.78. The normalized spacial score (nSPS) is 25.8. The van der Waals surface area contributed by atoms with Crippen molar-refractivity contribution in [1.82, 2.24) is 10.2 Å².